The van der Waals surface area contributed by atoms with Crippen LogP contribution in [0.1, 0.15) is 32.1 Å². The minimum atomic E-state index is 0.105. The Labute approximate surface area is 143 Å². The van der Waals surface area contributed by atoms with Crippen molar-refractivity contribution in [3.63, 3.8) is 0 Å². The Balaban J connectivity index is 1.21. The molecule has 3 aliphatic heterocycles. The highest BCUT2D eigenvalue weighted by Crippen LogP contribution is 2.40. The Kier molecular flexibility index (Phi) is 4.96. The van der Waals surface area contributed by atoms with Crippen LogP contribution in [0, 0.1) is 5.92 Å². The fourth-order valence-electron chi connectivity index (χ4n) is 4.29. The monoisotopic (exact) mass is 333 g/mol. The predicted molar refractivity (Wildman–Crippen MR) is 89.0 cm³/mol. The third-order valence-corrected chi connectivity index (χ3v) is 5.60. The molecule has 3 saturated heterocycles. The van der Waals surface area contributed by atoms with Crippen LogP contribution in [-0.4, -0.2) is 66.0 Å². The lowest BCUT2D eigenvalue weighted by molar-refractivity contribution is -0.195. The third kappa shape index (κ3) is 3.71. The van der Waals surface area contributed by atoms with Crippen LogP contribution in [0.3, 0.4) is 0 Å². The molecule has 6 heteroatoms. The van der Waals surface area contributed by atoms with Gasteiger partial charge in [0.15, 0.2) is 0 Å². The highest BCUT2D eigenvalue weighted by atomic mass is 16.5. The molecule has 4 heterocycles. The van der Waals surface area contributed by atoms with Gasteiger partial charge in [-0.05, 0) is 38.0 Å². The number of nitrogens with zero attached hydrogens (tertiary/aromatic N) is 3. The molecule has 1 aromatic rings. The van der Waals surface area contributed by atoms with E-state index < -0.39 is 0 Å². The molecule has 0 amide bonds. The van der Waals surface area contributed by atoms with Crippen LogP contribution in [0.4, 0.5) is 0 Å². The summed E-state index contributed by atoms with van der Waals surface area (Å²) in [5.41, 5.74) is 0.105. The van der Waals surface area contributed by atoms with Gasteiger partial charge >= 0.3 is 0 Å². The molecule has 0 saturated carbocycles. The first kappa shape index (κ1) is 16.2. The van der Waals surface area contributed by atoms with Gasteiger partial charge in [-0.2, -0.15) is 0 Å². The van der Waals surface area contributed by atoms with E-state index in [2.05, 4.69) is 14.9 Å². The summed E-state index contributed by atoms with van der Waals surface area (Å²) >= 11 is 0. The zero-order valence-electron chi connectivity index (χ0n) is 14.2. The van der Waals surface area contributed by atoms with Gasteiger partial charge in [-0.25, -0.2) is 4.98 Å². The van der Waals surface area contributed by atoms with Crippen LogP contribution in [0.2, 0.25) is 0 Å². The molecule has 1 spiro atoms. The van der Waals surface area contributed by atoms with E-state index in [9.17, 15) is 0 Å². The number of hydrogen-bond acceptors (Lipinski definition) is 6. The van der Waals surface area contributed by atoms with Crippen molar-refractivity contribution in [2.75, 3.05) is 39.5 Å². The molecule has 4 rings (SSSR count). The summed E-state index contributed by atoms with van der Waals surface area (Å²) in [6, 6.07) is 0.702. The minimum absolute atomic E-state index is 0.105. The lowest BCUT2D eigenvalue weighted by Crippen LogP contribution is -2.68. The number of hydrogen-bond donors (Lipinski definition) is 0. The Morgan fingerprint density at radius 3 is 2.83 bits per heavy atom. The minimum Gasteiger partial charge on any atom is -0.477 e. The van der Waals surface area contributed by atoms with Crippen molar-refractivity contribution >= 4 is 0 Å². The quantitative estimate of drug-likeness (QED) is 0.820. The van der Waals surface area contributed by atoms with E-state index in [-0.39, 0.29) is 5.60 Å². The molecule has 132 valence electrons. The second-order valence-electron chi connectivity index (χ2n) is 7.32. The highest BCUT2D eigenvalue weighted by Gasteiger charge is 2.49. The van der Waals surface area contributed by atoms with Crippen LogP contribution in [0.25, 0.3) is 0 Å². The molecule has 0 aromatic carbocycles. The number of ether oxygens (including phenoxy) is 3. The molecule has 1 atom stereocenters. The summed E-state index contributed by atoms with van der Waals surface area (Å²) < 4.78 is 17.4. The van der Waals surface area contributed by atoms with Crippen molar-refractivity contribution in [2.45, 2.75) is 43.7 Å². The van der Waals surface area contributed by atoms with Gasteiger partial charge in [-0.3, -0.25) is 9.88 Å². The van der Waals surface area contributed by atoms with Crippen LogP contribution in [-0.2, 0) is 9.47 Å². The first-order valence-corrected chi connectivity index (χ1v) is 9.18. The SMILES string of the molecule is c1cnc(OCC[C@@H]2CCOC3(C2)CN(C2CCOCC2)C3)cn1. The van der Waals surface area contributed by atoms with Crippen LogP contribution >= 0.6 is 0 Å². The van der Waals surface area contributed by atoms with Crippen molar-refractivity contribution in [2.24, 2.45) is 5.92 Å². The van der Waals surface area contributed by atoms with Crippen LogP contribution in [0.5, 0.6) is 5.88 Å². The second kappa shape index (κ2) is 7.33. The van der Waals surface area contributed by atoms with Crippen LogP contribution < -0.4 is 4.74 Å². The van der Waals surface area contributed by atoms with E-state index >= 15 is 0 Å². The topological polar surface area (TPSA) is 56.7 Å². The average Bonchev–Trinajstić information content (AvgIpc) is 2.61. The lowest BCUT2D eigenvalue weighted by atomic mass is 9.78. The molecule has 24 heavy (non-hydrogen) atoms. The van der Waals surface area contributed by atoms with Gasteiger partial charge in [0, 0.05) is 51.3 Å². The molecule has 0 N–H and O–H groups in total. The summed E-state index contributed by atoms with van der Waals surface area (Å²) in [6.45, 7) is 5.62. The maximum atomic E-state index is 6.18. The molecule has 0 unspecified atom stereocenters. The van der Waals surface area contributed by atoms with E-state index in [0.717, 1.165) is 52.2 Å². The zero-order valence-corrected chi connectivity index (χ0v) is 14.2. The van der Waals surface area contributed by atoms with Crippen molar-refractivity contribution in [1.29, 1.82) is 0 Å². The smallest absolute Gasteiger partial charge is 0.232 e. The predicted octanol–water partition coefficient (Wildman–Crippen LogP) is 1.91. The van der Waals surface area contributed by atoms with E-state index in [1.165, 1.54) is 12.8 Å². The third-order valence-electron chi connectivity index (χ3n) is 5.60. The van der Waals surface area contributed by atoms with Crippen molar-refractivity contribution in [1.82, 2.24) is 14.9 Å². The largest absolute Gasteiger partial charge is 0.477 e. The molecule has 0 radical (unpaired) electrons. The highest BCUT2D eigenvalue weighted by molar-refractivity contribution is 5.03. The molecule has 3 fully saturated rings. The summed E-state index contributed by atoms with van der Waals surface area (Å²) in [4.78, 5) is 10.8. The Morgan fingerprint density at radius 2 is 2.04 bits per heavy atom. The lowest BCUT2D eigenvalue weighted by Gasteiger charge is -2.56. The standard InChI is InChI=1S/C18H27N3O3/c1(9-23-17-12-19-5-6-20-17)15-2-10-24-18(11-15)13-21(14-18)16-3-7-22-8-4-16/h5-6,12,15-16H,1-4,7-11,13-14H2/t15-/m1/s1. The number of likely N-dealkylation sites (tertiary alicyclic amines) is 1. The molecule has 1 aromatic heterocycles. The number of aromatic nitrogens is 2. The van der Waals surface area contributed by atoms with E-state index in [4.69, 9.17) is 14.2 Å². The van der Waals surface area contributed by atoms with Gasteiger partial charge in [-0.15, -0.1) is 0 Å². The second-order valence-corrected chi connectivity index (χ2v) is 7.32. The zero-order chi connectivity index (χ0) is 16.2. The average molecular weight is 333 g/mol. The van der Waals surface area contributed by atoms with E-state index in [1.807, 2.05) is 0 Å². The Bertz CT molecular complexity index is 516. The van der Waals surface area contributed by atoms with Gasteiger partial charge in [0.25, 0.3) is 0 Å². The molecular formula is C18H27N3O3. The molecular weight excluding hydrogens is 306 g/mol. The van der Waals surface area contributed by atoms with Gasteiger partial charge < -0.3 is 14.2 Å². The first-order chi connectivity index (χ1) is 11.8. The first-order valence-electron chi connectivity index (χ1n) is 9.18. The fraction of sp³-hybridized carbons (Fsp3) is 0.778. The summed E-state index contributed by atoms with van der Waals surface area (Å²) in [5, 5.41) is 0. The maximum Gasteiger partial charge on any atom is 0.232 e. The number of rotatable bonds is 5. The molecule has 0 aliphatic carbocycles. The molecule has 6 nitrogen and oxygen atoms in total. The van der Waals surface area contributed by atoms with E-state index in [1.54, 1.807) is 18.6 Å². The summed E-state index contributed by atoms with van der Waals surface area (Å²) in [6.07, 6.45) is 10.7. The van der Waals surface area contributed by atoms with Gasteiger partial charge in [0.2, 0.25) is 5.88 Å². The van der Waals surface area contributed by atoms with Crippen molar-refractivity contribution in [3.8, 4) is 5.88 Å². The maximum absolute atomic E-state index is 6.18. The Hall–Kier alpha value is -1.24. The molecule has 3 aliphatic rings. The van der Waals surface area contributed by atoms with Crippen molar-refractivity contribution < 1.29 is 14.2 Å². The fourth-order valence-corrected chi connectivity index (χ4v) is 4.29. The normalized spacial score (nSPS) is 27.8. The Morgan fingerprint density at radius 1 is 1.17 bits per heavy atom. The van der Waals surface area contributed by atoms with Crippen molar-refractivity contribution in [3.05, 3.63) is 18.6 Å². The van der Waals surface area contributed by atoms with Gasteiger partial charge in [-0.1, -0.05) is 0 Å². The van der Waals surface area contributed by atoms with Gasteiger partial charge in [0.05, 0.1) is 18.4 Å². The summed E-state index contributed by atoms with van der Waals surface area (Å²) in [7, 11) is 0. The van der Waals surface area contributed by atoms with Crippen LogP contribution in [0.15, 0.2) is 18.6 Å². The molecule has 0 bridgehead atoms. The van der Waals surface area contributed by atoms with Gasteiger partial charge in [0.1, 0.15) is 0 Å². The van der Waals surface area contributed by atoms with E-state index in [0.29, 0.717) is 24.4 Å². The summed E-state index contributed by atoms with van der Waals surface area (Å²) in [5.74, 6) is 1.31.